The number of aryl methyl sites for hydroxylation is 1. The Morgan fingerprint density at radius 2 is 2.00 bits per heavy atom. The van der Waals surface area contributed by atoms with Gasteiger partial charge in [0.1, 0.15) is 0 Å². The first kappa shape index (κ1) is 18.7. The molecule has 0 unspecified atom stereocenters. The minimum atomic E-state index is -0.212. The average molecular weight is 389 g/mol. The van der Waals surface area contributed by atoms with Crippen LogP contribution in [0.5, 0.6) is 0 Å². The molecule has 0 aliphatic carbocycles. The maximum Gasteiger partial charge on any atom is 0.256 e. The van der Waals surface area contributed by atoms with Crippen molar-refractivity contribution >= 4 is 28.3 Å². The van der Waals surface area contributed by atoms with Gasteiger partial charge in [-0.05, 0) is 43.7 Å². The number of H-pyrrole nitrogens is 1. The van der Waals surface area contributed by atoms with Crippen LogP contribution in [0.15, 0.2) is 42.7 Å². The highest BCUT2D eigenvalue weighted by Crippen LogP contribution is 2.27. The zero-order chi connectivity index (χ0) is 20.4. The van der Waals surface area contributed by atoms with E-state index < -0.39 is 0 Å². The number of benzene rings is 1. The third kappa shape index (κ3) is 3.69. The van der Waals surface area contributed by atoms with E-state index in [1.54, 1.807) is 29.2 Å². The summed E-state index contributed by atoms with van der Waals surface area (Å²) in [7, 11) is 1.89. The van der Waals surface area contributed by atoms with E-state index in [1.165, 1.54) is 0 Å². The van der Waals surface area contributed by atoms with Crippen LogP contribution < -0.4 is 10.6 Å². The largest absolute Gasteiger partial charge is 0.385 e. The van der Waals surface area contributed by atoms with Gasteiger partial charge in [0, 0.05) is 41.5 Å². The van der Waals surface area contributed by atoms with E-state index >= 15 is 0 Å². The number of aromatic nitrogens is 5. The molecule has 0 saturated carbocycles. The van der Waals surface area contributed by atoms with E-state index in [9.17, 15) is 4.79 Å². The SMILES string of the molecule is CCCNc1ccc(C(=O)Nc2n[nH]c3cnc(-c4cnn(C)c4C)cc23)cc1. The summed E-state index contributed by atoms with van der Waals surface area (Å²) in [5, 5.41) is 18.4. The molecule has 0 aliphatic heterocycles. The van der Waals surface area contributed by atoms with Crippen molar-refractivity contribution in [2.45, 2.75) is 20.3 Å². The van der Waals surface area contributed by atoms with Crippen LogP contribution in [-0.2, 0) is 7.05 Å². The van der Waals surface area contributed by atoms with Crippen molar-refractivity contribution in [2.75, 3.05) is 17.2 Å². The van der Waals surface area contributed by atoms with Crippen LogP contribution in [-0.4, -0.2) is 37.4 Å². The first-order valence-electron chi connectivity index (χ1n) is 9.55. The predicted molar refractivity (Wildman–Crippen MR) is 114 cm³/mol. The van der Waals surface area contributed by atoms with Crippen LogP contribution in [0.3, 0.4) is 0 Å². The fraction of sp³-hybridized carbons (Fsp3) is 0.238. The Morgan fingerprint density at radius 3 is 2.69 bits per heavy atom. The number of anilines is 2. The summed E-state index contributed by atoms with van der Waals surface area (Å²) in [6.45, 7) is 5.00. The van der Waals surface area contributed by atoms with Crippen LogP contribution in [0.2, 0.25) is 0 Å². The highest BCUT2D eigenvalue weighted by atomic mass is 16.1. The van der Waals surface area contributed by atoms with Gasteiger partial charge in [-0.15, -0.1) is 0 Å². The van der Waals surface area contributed by atoms with Gasteiger partial charge < -0.3 is 10.6 Å². The zero-order valence-electron chi connectivity index (χ0n) is 16.7. The molecule has 0 atom stereocenters. The predicted octanol–water partition coefficient (Wildman–Crippen LogP) is 3.74. The fourth-order valence-corrected chi connectivity index (χ4v) is 3.10. The molecule has 0 fully saturated rings. The Balaban J connectivity index is 1.58. The molecule has 8 heteroatoms. The number of aromatic amines is 1. The van der Waals surface area contributed by atoms with Crippen molar-refractivity contribution in [3.05, 3.63) is 54.0 Å². The summed E-state index contributed by atoms with van der Waals surface area (Å²) < 4.78 is 1.80. The smallest absolute Gasteiger partial charge is 0.256 e. The van der Waals surface area contributed by atoms with Gasteiger partial charge in [-0.1, -0.05) is 6.92 Å². The maximum absolute atomic E-state index is 12.7. The summed E-state index contributed by atoms with van der Waals surface area (Å²) in [4.78, 5) is 17.2. The number of fused-ring (bicyclic) bond motifs is 1. The molecule has 4 rings (SSSR count). The highest BCUT2D eigenvalue weighted by molar-refractivity contribution is 6.08. The Labute approximate surface area is 168 Å². The van der Waals surface area contributed by atoms with Crippen LogP contribution in [0.1, 0.15) is 29.4 Å². The van der Waals surface area contributed by atoms with Crippen molar-refractivity contribution in [1.29, 1.82) is 0 Å². The van der Waals surface area contributed by atoms with E-state index in [4.69, 9.17) is 0 Å². The lowest BCUT2D eigenvalue weighted by molar-refractivity contribution is 0.102. The number of hydrogen-bond donors (Lipinski definition) is 3. The van der Waals surface area contributed by atoms with Crippen molar-refractivity contribution in [2.24, 2.45) is 7.05 Å². The van der Waals surface area contributed by atoms with Crippen molar-refractivity contribution < 1.29 is 4.79 Å². The molecular weight excluding hydrogens is 366 g/mol. The highest BCUT2D eigenvalue weighted by Gasteiger charge is 2.14. The first-order valence-corrected chi connectivity index (χ1v) is 9.55. The molecule has 0 bridgehead atoms. The van der Waals surface area contributed by atoms with E-state index in [2.05, 4.69) is 37.8 Å². The molecule has 29 heavy (non-hydrogen) atoms. The second kappa shape index (κ2) is 7.75. The summed E-state index contributed by atoms with van der Waals surface area (Å²) in [6.07, 6.45) is 4.55. The number of hydrogen-bond acceptors (Lipinski definition) is 5. The van der Waals surface area contributed by atoms with Gasteiger partial charge in [-0.2, -0.15) is 10.2 Å². The number of carbonyl (C=O) groups excluding carboxylic acids is 1. The normalized spacial score (nSPS) is 11.0. The summed E-state index contributed by atoms with van der Waals surface area (Å²) in [5.41, 5.74) is 5.07. The third-order valence-electron chi connectivity index (χ3n) is 4.92. The first-order chi connectivity index (χ1) is 14.1. The number of nitrogens with zero attached hydrogens (tertiary/aromatic N) is 4. The van der Waals surface area contributed by atoms with Crippen LogP contribution in [0.4, 0.5) is 11.5 Å². The molecule has 0 radical (unpaired) electrons. The Morgan fingerprint density at radius 1 is 1.21 bits per heavy atom. The van der Waals surface area contributed by atoms with Gasteiger partial charge in [0.15, 0.2) is 5.82 Å². The molecule has 148 valence electrons. The molecule has 4 aromatic rings. The number of pyridine rings is 1. The average Bonchev–Trinajstić information content (AvgIpc) is 3.29. The molecule has 1 amide bonds. The molecule has 0 saturated heterocycles. The van der Waals surface area contributed by atoms with E-state index in [0.717, 1.165) is 46.5 Å². The standard InChI is InChI=1S/C21H23N7O/c1-4-9-22-15-7-5-14(6-8-15)21(29)25-20-16-10-18(23-12-19(16)26-27-20)17-11-24-28(3)13(17)2/h5-8,10-12,22H,4,9H2,1-3H3,(H2,25,26,27,29). The molecule has 0 spiro atoms. The second-order valence-electron chi connectivity index (χ2n) is 6.91. The molecular formula is C21H23N7O. The second-order valence-corrected chi connectivity index (χ2v) is 6.91. The minimum absolute atomic E-state index is 0.212. The molecule has 3 heterocycles. The van der Waals surface area contributed by atoms with Gasteiger partial charge in [0.05, 0.1) is 23.6 Å². The van der Waals surface area contributed by atoms with Gasteiger partial charge in [0.2, 0.25) is 0 Å². The van der Waals surface area contributed by atoms with Crippen LogP contribution in [0, 0.1) is 6.92 Å². The van der Waals surface area contributed by atoms with E-state index in [1.807, 2.05) is 32.2 Å². The van der Waals surface area contributed by atoms with Crippen LogP contribution in [0.25, 0.3) is 22.2 Å². The number of amides is 1. The monoisotopic (exact) mass is 389 g/mol. The van der Waals surface area contributed by atoms with Crippen molar-refractivity contribution in [3.63, 3.8) is 0 Å². The topological polar surface area (TPSA) is 101 Å². The molecule has 8 nitrogen and oxygen atoms in total. The summed E-state index contributed by atoms with van der Waals surface area (Å²) >= 11 is 0. The quantitative estimate of drug-likeness (QED) is 0.466. The molecule has 3 N–H and O–H groups in total. The van der Waals surface area contributed by atoms with E-state index in [0.29, 0.717) is 11.4 Å². The molecule has 3 aromatic heterocycles. The number of rotatable bonds is 6. The van der Waals surface area contributed by atoms with Gasteiger partial charge in [-0.25, -0.2) is 0 Å². The maximum atomic E-state index is 12.7. The van der Waals surface area contributed by atoms with Crippen LogP contribution >= 0.6 is 0 Å². The lowest BCUT2D eigenvalue weighted by Gasteiger charge is -2.07. The Hall–Kier alpha value is -3.68. The lowest BCUT2D eigenvalue weighted by atomic mass is 10.1. The van der Waals surface area contributed by atoms with Crippen molar-refractivity contribution in [1.82, 2.24) is 25.0 Å². The van der Waals surface area contributed by atoms with Gasteiger partial charge in [-0.3, -0.25) is 19.6 Å². The zero-order valence-corrected chi connectivity index (χ0v) is 16.7. The van der Waals surface area contributed by atoms with Gasteiger partial charge >= 0.3 is 0 Å². The fourth-order valence-electron chi connectivity index (χ4n) is 3.10. The van der Waals surface area contributed by atoms with Gasteiger partial charge in [0.25, 0.3) is 5.91 Å². The third-order valence-corrected chi connectivity index (χ3v) is 4.92. The number of nitrogens with one attached hydrogen (secondary N) is 3. The Kier molecular flexibility index (Phi) is 4.99. The Bertz CT molecular complexity index is 1160. The van der Waals surface area contributed by atoms with E-state index in [-0.39, 0.29) is 5.91 Å². The lowest BCUT2D eigenvalue weighted by Crippen LogP contribution is -2.12. The minimum Gasteiger partial charge on any atom is -0.385 e. The summed E-state index contributed by atoms with van der Waals surface area (Å²) in [6, 6.07) is 9.32. The molecule has 1 aromatic carbocycles. The molecule has 0 aliphatic rings. The number of carbonyl (C=O) groups is 1. The van der Waals surface area contributed by atoms with Crippen molar-refractivity contribution in [3.8, 4) is 11.3 Å². The summed E-state index contributed by atoms with van der Waals surface area (Å²) in [5.74, 6) is 0.264.